The van der Waals surface area contributed by atoms with Gasteiger partial charge in [0.25, 0.3) is 0 Å². The zero-order valence-corrected chi connectivity index (χ0v) is 12.4. The molecule has 0 heterocycles. The van der Waals surface area contributed by atoms with E-state index in [2.05, 4.69) is 20.8 Å². The normalized spacial score (nSPS) is 22.3. The number of carboxylic acid groups (broad SMARTS) is 1. The van der Waals surface area contributed by atoms with Crippen molar-refractivity contribution in [1.82, 2.24) is 4.90 Å². The minimum absolute atomic E-state index is 0.186. The van der Waals surface area contributed by atoms with Crippen molar-refractivity contribution in [2.45, 2.75) is 25.3 Å². The molecule has 1 N–H and O–H groups in total. The Morgan fingerprint density at radius 1 is 1.53 bits per heavy atom. The maximum absolute atomic E-state index is 13.6. The Kier molecular flexibility index (Phi) is 4.58. The molecule has 19 heavy (non-hydrogen) atoms. The first-order valence-electron chi connectivity index (χ1n) is 6.34. The highest BCUT2D eigenvalue weighted by atomic mass is 79.9. The Hall–Kier alpha value is -0.940. The number of rotatable bonds is 5. The molecule has 5 heteroatoms. The first kappa shape index (κ1) is 14.5. The number of hydrogen-bond donors (Lipinski definition) is 1. The number of likely N-dealkylation sites (N-methyl/N-ethyl adjacent to an activating group) is 1. The van der Waals surface area contributed by atoms with Gasteiger partial charge < -0.3 is 10.0 Å². The molecule has 0 aromatic heterocycles. The van der Waals surface area contributed by atoms with Gasteiger partial charge >= 0.3 is 5.97 Å². The van der Waals surface area contributed by atoms with E-state index in [0.717, 1.165) is 11.0 Å². The topological polar surface area (TPSA) is 40.5 Å². The fraction of sp³-hybridized carbons (Fsp3) is 0.500. The number of carbonyl (C=O) groups is 1. The maximum atomic E-state index is 13.6. The van der Waals surface area contributed by atoms with Gasteiger partial charge in [0.1, 0.15) is 5.82 Å². The number of hydrogen-bond acceptors (Lipinski definition) is 2. The van der Waals surface area contributed by atoms with Gasteiger partial charge in [0.05, 0.1) is 5.92 Å². The highest BCUT2D eigenvalue weighted by Crippen LogP contribution is 2.31. The zero-order chi connectivity index (χ0) is 14.0. The van der Waals surface area contributed by atoms with Crippen LogP contribution in [0.25, 0.3) is 0 Å². The quantitative estimate of drug-likeness (QED) is 0.902. The van der Waals surface area contributed by atoms with Gasteiger partial charge in [-0.3, -0.25) is 4.79 Å². The van der Waals surface area contributed by atoms with Crippen molar-refractivity contribution < 1.29 is 14.3 Å². The molecule has 0 amide bonds. The molecule has 1 fully saturated rings. The van der Waals surface area contributed by atoms with E-state index >= 15 is 0 Å². The molecule has 0 unspecified atom stereocenters. The van der Waals surface area contributed by atoms with Gasteiger partial charge in [0.15, 0.2) is 0 Å². The average molecular weight is 330 g/mol. The average Bonchev–Trinajstić information content (AvgIpc) is 2.28. The number of halogens is 2. The van der Waals surface area contributed by atoms with Crippen molar-refractivity contribution in [1.29, 1.82) is 0 Å². The van der Waals surface area contributed by atoms with Crippen molar-refractivity contribution in [3.8, 4) is 0 Å². The van der Waals surface area contributed by atoms with Gasteiger partial charge in [-0.25, -0.2) is 4.39 Å². The molecular weight excluding hydrogens is 313 g/mol. The lowest BCUT2D eigenvalue weighted by molar-refractivity contribution is -0.146. The summed E-state index contributed by atoms with van der Waals surface area (Å²) in [6.07, 6.45) is 2.04. The van der Waals surface area contributed by atoms with E-state index in [4.69, 9.17) is 5.11 Å². The van der Waals surface area contributed by atoms with Gasteiger partial charge in [-0.2, -0.15) is 0 Å². The molecule has 1 aromatic rings. The van der Waals surface area contributed by atoms with Crippen molar-refractivity contribution >= 4 is 21.9 Å². The third kappa shape index (κ3) is 3.54. The number of aliphatic carboxylic acids is 1. The molecule has 1 aliphatic carbocycles. The van der Waals surface area contributed by atoms with Crippen LogP contribution in [0.1, 0.15) is 18.4 Å². The fourth-order valence-electron chi connectivity index (χ4n) is 2.36. The number of carboxylic acids is 1. The van der Waals surface area contributed by atoms with Crippen LogP contribution in [-0.4, -0.2) is 35.6 Å². The van der Waals surface area contributed by atoms with Crippen molar-refractivity contribution in [3.05, 3.63) is 34.1 Å². The molecule has 0 spiro atoms. The third-order valence-electron chi connectivity index (χ3n) is 3.83. The van der Waals surface area contributed by atoms with E-state index in [-0.39, 0.29) is 11.7 Å². The summed E-state index contributed by atoms with van der Waals surface area (Å²) in [5, 5.41) is 8.83. The van der Waals surface area contributed by atoms with E-state index in [0.29, 0.717) is 30.9 Å². The van der Waals surface area contributed by atoms with Crippen LogP contribution in [0.15, 0.2) is 22.7 Å². The monoisotopic (exact) mass is 329 g/mol. The molecule has 2 rings (SSSR count). The number of benzene rings is 1. The largest absolute Gasteiger partial charge is 0.481 e. The second kappa shape index (κ2) is 6.01. The molecule has 0 bridgehead atoms. The predicted octanol–water partition coefficient (Wildman–Crippen LogP) is 2.93. The lowest BCUT2D eigenvalue weighted by Gasteiger charge is -2.39. The Morgan fingerprint density at radius 3 is 2.84 bits per heavy atom. The number of nitrogens with zero attached hydrogens (tertiary/aromatic N) is 1. The zero-order valence-electron chi connectivity index (χ0n) is 10.8. The highest BCUT2D eigenvalue weighted by molar-refractivity contribution is 9.10. The molecule has 3 nitrogen and oxygen atoms in total. The van der Waals surface area contributed by atoms with Crippen molar-refractivity contribution in [2.24, 2.45) is 5.92 Å². The molecule has 1 saturated carbocycles. The Balaban J connectivity index is 1.83. The summed E-state index contributed by atoms with van der Waals surface area (Å²) >= 11 is 3.34. The highest BCUT2D eigenvalue weighted by Gasteiger charge is 2.36. The summed E-state index contributed by atoms with van der Waals surface area (Å²) in [5.74, 6) is -1.09. The van der Waals surface area contributed by atoms with Crippen LogP contribution >= 0.6 is 15.9 Å². The lowest BCUT2D eigenvalue weighted by Crippen LogP contribution is -2.45. The second-order valence-electron chi connectivity index (χ2n) is 5.13. The smallest absolute Gasteiger partial charge is 0.306 e. The minimum atomic E-state index is -0.706. The molecule has 0 aliphatic heterocycles. The van der Waals surface area contributed by atoms with E-state index in [1.165, 1.54) is 6.07 Å². The first-order chi connectivity index (χ1) is 8.97. The second-order valence-corrected chi connectivity index (χ2v) is 6.04. The molecule has 1 aromatic carbocycles. The molecular formula is C14H17BrFNO2. The predicted molar refractivity (Wildman–Crippen MR) is 74.6 cm³/mol. The molecule has 0 radical (unpaired) electrons. The molecule has 0 saturated heterocycles. The van der Waals surface area contributed by atoms with Gasteiger partial charge in [0.2, 0.25) is 0 Å². The summed E-state index contributed by atoms with van der Waals surface area (Å²) < 4.78 is 14.4. The summed E-state index contributed by atoms with van der Waals surface area (Å²) in [7, 11) is 1.97. The molecule has 1 aliphatic rings. The van der Waals surface area contributed by atoms with Crippen LogP contribution in [0.5, 0.6) is 0 Å². The summed E-state index contributed by atoms with van der Waals surface area (Å²) in [4.78, 5) is 12.9. The van der Waals surface area contributed by atoms with E-state index < -0.39 is 5.97 Å². The van der Waals surface area contributed by atoms with Crippen LogP contribution in [-0.2, 0) is 11.2 Å². The van der Waals surface area contributed by atoms with E-state index in [1.54, 1.807) is 12.1 Å². The molecule has 104 valence electrons. The summed E-state index contributed by atoms with van der Waals surface area (Å²) in [6.45, 7) is 0.740. The Bertz CT molecular complexity index is 475. The van der Waals surface area contributed by atoms with Crippen molar-refractivity contribution in [2.75, 3.05) is 13.6 Å². The van der Waals surface area contributed by atoms with Crippen LogP contribution in [0.4, 0.5) is 4.39 Å². The SMILES string of the molecule is CN(CCc1cc(Br)ccc1F)C1CC(C(=O)O)C1. The fourth-order valence-corrected chi connectivity index (χ4v) is 2.77. The standard InChI is InChI=1S/C14H17BrFNO2/c1-17(12-7-10(8-12)14(18)19)5-4-9-6-11(15)2-3-13(9)16/h2-3,6,10,12H,4-5,7-8H2,1H3,(H,18,19). The molecule has 0 atom stereocenters. The van der Waals surface area contributed by atoms with Gasteiger partial charge in [-0.05, 0) is 50.1 Å². The van der Waals surface area contributed by atoms with E-state index in [1.807, 2.05) is 7.05 Å². The summed E-state index contributed by atoms with van der Waals surface area (Å²) in [6, 6.07) is 5.26. The van der Waals surface area contributed by atoms with Crippen LogP contribution in [0, 0.1) is 11.7 Å². The van der Waals surface area contributed by atoms with E-state index in [9.17, 15) is 9.18 Å². The maximum Gasteiger partial charge on any atom is 0.306 e. The lowest BCUT2D eigenvalue weighted by atomic mass is 9.79. The third-order valence-corrected chi connectivity index (χ3v) is 4.32. The van der Waals surface area contributed by atoms with Gasteiger partial charge in [-0.1, -0.05) is 15.9 Å². The van der Waals surface area contributed by atoms with Crippen LogP contribution in [0.3, 0.4) is 0 Å². The van der Waals surface area contributed by atoms with Crippen LogP contribution in [0.2, 0.25) is 0 Å². The van der Waals surface area contributed by atoms with Crippen molar-refractivity contribution in [3.63, 3.8) is 0 Å². The minimum Gasteiger partial charge on any atom is -0.481 e. The summed E-state index contributed by atoms with van der Waals surface area (Å²) in [5.41, 5.74) is 0.690. The van der Waals surface area contributed by atoms with Gasteiger partial charge in [-0.15, -0.1) is 0 Å². The Labute approximate surface area is 120 Å². The van der Waals surface area contributed by atoms with Gasteiger partial charge in [0, 0.05) is 17.1 Å². The first-order valence-corrected chi connectivity index (χ1v) is 7.13. The van der Waals surface area contributed by atoms with Crippen LogP contribution < -0.4 is 0 Å². The Morgan fingerprint density at radius 2 is 2.21 bits per heavy atom.